The Hall–Kier alpha value is -4.03. The number of hydrogen-bond acceptors (Lipinski definition) is 7. The standard InChI is InChI=1S/C26H19Br2N3O7/c1-14-9-18(7-8-20(14)27)30-25(33)19(24(32)29-26(30)34)10-16-11-21(28)23(22(12-16)37-2)38-13-15-3-5-17(6-4-15)31(35)36/h3-12H,13H2,1-2H3,(H,29,32,34)/b19-10+. The number of hydrogen-bond donors (Lipinski definition) is 1. The molecule has 1 saturated heterocycles. The van der Waals surface area contributed by atoms with Crippen LogP contribution in [0.1, 0.15) is 16.7 Å². The van der Waals surface area contributed by atoms with Crippen molar-refractivity contribution in [1.29, 1.82) is 0 Å². The van der Waals surface area contributed by atoms with E-state index in [1.54, 1.807) is 42.5 Å². The Morgan fingerprint density at radius 3 is 2.37 bits per heavy atom. The molecule has 0 aromatic heterocycles. The van der Waals surface area contributed by atoms with Crippen molar-refractivity contribution in [3.05, 3.63) is 95.9 Å². The van der Waals surface area contributed by atoms with Crippen molar-refractivity contribution in [3.63, 3.8) is 0 Å². The molecular formula is C26H19Br2N3O7. The van der Waals surface area contributed by atoms with Gasteiger partial charge in [0.15, 0.2) is 11.5 Å². The van der Waals surface area contributed by atoms with Crippen LogP contribution >= 0.6 is 31.9 Å². The molecule has 194 valence electrons. The zero-order valence-electron chi connectivity index (χ0n) is 20.0. The first-order valence-electron chi connectivity index (χ1n) is 11.0. The maximum Gasteiger partial charge on any atom is 0.335 e. The number of rotatable bonds is 7. The van der Waals surface area contributed by atoms with Gasteiger partial charge in [0.2, 0.25) is 0 Å². The van der Waals surface area contributed by atoms with Crippen molar-refractivity contribution in [2.75, 3.05) is 12.0 Å². The largest absolute Gasteiger partial charge is 0.493 e. The number of barbiturate groups is 1. The minimum atomic E-state index is -0.840. The van der Waals surface area contributed by atoms with E-state index in [1.165, 1.54) is 25.3 Å². The van der Waals surface area contributed by atoms with Crippen LogP contribution in [0.4, 0.5) is 16.2 Å². The number of aryl methyl sites for hydroxylation is 1. The van der Waals surface area contributed by atoms with Crippen LogP contribution in [0, 0.1) is 17.0 Å². The van der Waals surface area contributed by atoms with Crippen LogP contribution in [0.25, 0.3) is 6.08 Å². The fourth-order valence-electron chi connectivity index (χ4n) is 3.66. The second-order valence-electron chi connectivity index (χ2n) is 8.14. The van der Waals surface area contributed by atoms with Gasteiger partial charge in [-0.2, -0.15) is 0 Å². The Morgan fingerprint density at radius 2 is 1.74 bits per heavy atom. The first-order chi connectivity index (χ1) is 18.1. The van der Waals surface area contributed by atoms with Crippen LogP contribution in [-0.4, -0.2) is 29.9 Å². The molecule has 0 saturated carbocycles. The van der Waals surface area contributed by atoms with Gasteiger partial charge in [0.1, 0.15) is 12.2 Å². The summed E-state index contributed by atoms with van der Waals surface area (Å²) in [5.74, 6) is -0.921. The quantitative estimate of drug-likeness (QED) is 0.152. The second-order valence-corrected chi connectivity index (χ2v) is 9.85. The molecule has 12 heteroatoms. The first-order valence-corrected chi connectivity index (χ1v) is 12.6. The Morgan fingerprint density at radius 1 is 1.03 bits per heavy atom. The molecule has 0 aliphatic carbocycles. The van der Waals surface area contributed by atoms with Crippen LogP contribution in [0.5, 0.6) is 11.5 Å². The number of halogens is 2. The SMILES string of the molecule is COc1cc(/C=C2\C(=O)NC(=O)N(c3ccc(Br)c(C)c3)C2=O)cc(Br)c1OCc1ccc([N+](=O)[O-])cc1. The summed E-state index contributed by atoms with van der Waals surface area (Å²) in [5.41, 5.74) is 2.01. The van der Waals surface area contributed by atoms with Gasteiger partial charge in [0.25, 0.3) is 17.5 Å². The number of carbonyl (C=O) groups excluding carboxylic acids is 3. The van der Waals surface area contributed by atoms with Crippen molar-refractivity contribution < 1.29 is 28.8 Å². The molecule has 38 heavy (non-hydrogen) atoms. The Balaban J connectivity index is 1.61. The Kier molecular flexibility index (Phi) is 7.93. The van der Waals surface area contributed by atoms with Gasteiger partial charge in [-0.05, 0) is 88.1 Å². The van der Waals surface area contributed by atoms with Crippen molar-refractivity contribution in [1.82, 2.24) is 5.32 Å². The number of ether oxygens (including phenoxy) is 2. The molecular weight excluding hydrogens is 626 g/mol. The van der Waals surface area contributed by atoms with Crippen LogP contribution in [0.3, 0.4) is 0 Å². The molecule has 0 bridgehead atoms. The van der Waals surface area contributed by atoms with Crippen LogP contribution in [0.15, 0.2) is 69.1 Å². The number of amides is 4. The highest BCUT2D eigenvalue weighted by atomic mass is 79.9. The number of benzene rings is 3. The molecule has 1 heterocycles. The second kappa shape index (κ2) is 11.2. The van der Waals surface area contributed by atoms with E-state index < -0.39 is 22.8 Å². The third-order valence-corrected chi connectivity index (χ3v) is 7.07. The molecule has 4 amide bonds. The first kappa shape index (κ1) is 27.0. The average molecular weight is 645 g/mol. The average Bonchev–Trinajstić information content (AvgIpc) is 2.87. The molecule has 3 aromatic carbocycles. The highest BCUT2D eigenvalue weighted by molar-refractivity contribution is 9.10. The van der Waals surface area contributed by atoms with Gasteiger partial charge in [-0.3, -0.25) is 25.0 Å². The normalized spacial score (nSPS) is 14.5. The molecule has 1 N–H and O–H groups in total. The summed E-state index contributed by atoms with van der Waals surface area (Å²) in [4.78, 5) is 49.6. The number of urea groups is 1. The highest BCUT2D eigenvalue weighted by Crippen LogP contribution is 2.38. The summed E-state index contributed by atoms with van der Waals surface area (Å²) < 4.78 is 12.6. The Bertz CT molecular complexity index is 1500. The Labute approximate surface area is 233 Å². The fraction of sp³-hybridized carbons (Fsp3) is 0.115. The van der Waals surface area contributed by atoms with E-state index in [-0.39, 0.29) is 17.9 Å². The van der Waals surface area contributed by atoms with Gasteiger partial charge < -0.3 is 9.47 Å². The van der Waals surface area contributed by atoms with Gasteiger partial charge in [0.05, 0.1) is 22.2 Å². The van der Waals surface area contributed by atoms with Gasteiger partial charge in [0, 0.05) is 16.6 Å². The van der Waals surface area contributed by atoms with Crippen LogP contribution < -0.4 is 19.7 Å². The smallest absolute Gasteiger partial charge is 0.335 e. The highest BCUT2D eigenvalue weighted by Gasteiger charge is 2.37. The molecule has 10 nitrogen and oxygen atoms in total. The predicted molar refractivity (Wildman–Crippen MR) is 146 cm³/mol. The van der Waals surface area contributed by atoms with E-state index in [0.29, 0.717) is 32.8 Å². The molecule has 0 spiro atoms. The third kappa shape index (κ3) is 5.60. The van der Waals surface area contributed by atoms with Gasteiger partial charge in [-0.15, -0.1) is 0 Å². The molecule has 1 aliphatic heterocycles. The molecule has 0 atom stereocenters. The zero-order valence-corrected chi connectivity index (χ0v) is 23.2. The van der Waals surface area contributed by atoms with Crippen molar-refractivity contribution in [3.8, 4) is 11.5 Å². The molecule has 1 fully saturated rings. The lowest BCUT2D eigenvalue weighted by atomic mass is 10.1. The third-order valence-electron chi connectivity index (χ3n) is 5.59. The summed E-state index contributed by atoms with van der Waals surface area (Å²) >= 11 is 6.82. The molecule has 0 radical (unpaired) electrons. The van der Waals surface area contributed by atoms with Gasteiger partial charge in [-0.1, -0.05) is 15.9 Å². The van der Waals surface area contributed by atoms with E-state index in [1.807, 2.05) is 6.92 Å². The lowest BCUT2D eigenvalue weighted by Crippen LogP contribution is -2.54. The van der Waals surface area contributed by atoms with Gasteiger partial charge in [-0.25, -0.2) is 9.69 Å². The zero-order chi connectivity index (χ0) is 27.6. The summed E-state index contributed by atoms with van der Waals surface area (Å²) in [6.07, 6.45) is 1.36. The summed E-state index contributed by atoms with van der Waals surface area (Å²) in [7, 11) is 1.44. The van der Waals surface area contributed by atoms with E-state index in [0.717, 1.165) is 14.9 Å². The molecule has 1 aliphatic rings. The topological polar surface area (TPSA) is 128 Å². The maximum absolute atomic E-state index is 13.2. The molecule has 4 rings (SSSR count). The molecule has 0 unspecified atom stereocenters. The fourth-order valence-corrected chi connectivity index (χ4v) is 4.48. The van der Waals surface area contributed by atoms with Gasteiger partial charge >= 0.3 is 6.03 Å². The van der Waals surface area contributed by atoms with E-state index in [4.69, 9.17) is 9.47 Å². The predicted octanol–water partition coefficient (Wildman–Crippen LogP) is 5.68. The van der Waals surface area contributed by atoms with Crippen molar-refractivity contribution >= 4 is 67.2 Å². The number of non-ortho nitro benzene ring substituents is 1. The summed E-state index contributed by atoms with van der Waals surface area (Å²) in [5, 5.41) is 13.1. The van der Waals surface area contributed by atoms with Crippen LogP contribution in [-0.2, 0) is 16.2 Å². The number of anilines is 1. The maximum atomic E-state index is 13.2. The number of nitro groups is 1. The van der Waals surface area contributed by atoms with E-state index in [2.05, 4.69) is 37.2 Å². The monoisotopic (exact) mass is 643 g/mol. The lowest BCUT2D eigenvalue weighted by molar-refractivity contribution is -0.384. The van der Waals surface area contributed by atoms with Crippen molar-refractivity contribution in [2.24, 2.45) is 0 Å². The molecule has 3 aromatic rings. The minimum absolute atomic E-state index is 0.0262. The number of imide groups is 2. The van der Waals surface area contributed by atoms with Crippen molar-refractivity contribution in [2.45, 2.75) is 13.5 Å². The minimum Gasteiger partial charge on any atom is -0.493 e. The number of nitrogens with one attached hydrogen (secondary N) is 1. The number of methoxy groups -OCH3 is 1. The van der Waals surface area contributed by atoms with Crippen LogP contribution in [0.2, 0.25) is 0 Å². The number of nitrogens with zero attached hydrogens (tertiary/aromatic N) is 2. The number of nitro benzene ring substituents is 1. The van der Waals surface area contributed by atoms with E-state index in [9.17, 15) is 24.5 Å². The summed E-state index contributed by atoms with van der Waals surface area (Å²) in [6.45, 7) is 1.93. The number of carbonyl (C=O) groups is 3. The van der Waals surface area contributed by atoms with E-state index >= 15 is 0 Å². The lowest BCUT2D eigenvalue weighted by Gasteiger charge is -2.26. The summed E-state index contributed by atoms with van der Waals surface area (Å²) in [6, 6.07) is 13.3.